The van der Waals surface area contributed by atoms with Gasteiger partial charge in [-0.15, -0.1) is 0 Å². The number of hydrogen-bond donors (Lipinski definition) is 0. The lowest BCUT2D eigenvalue weighted by molar-refractivity contribution is 0.157. The molecule has 1 aliphatic rings. The summed E-state index contributed by atoms with van der Waals surface area (Å²) in [7, 11) is 2.01. The van der Waals surface area contributed by atoms with Gasteiger partial charge < -0.3 is 4.57 Å². The van der Waals surface area contributed by atoms with Gasteiger partial charge in [0.1, 0.15) is 17.5 Å². The molecule has 124 valence electrons. The second kappa shape index (κ2) is 7.21. The van der Waals surface area contributed by atoms with Gasteiger partial charge in [0.2, 0.25) is 0 Å². The number of imidazole rings is 1. The molecule has 3 rings (SSSR count). The SMILES string of the molecule is Cn1ccnc1CN1CCCC(CCc2ccc(F)cc2F)C1. The third-order valence-corrected chi connectivity index (χ3v) is 4.73. The number of benzene rings is 1. The Bertz CT molecular complexity index is 653. The molecule has 3 nitrogen and oxygen atoms in total. The summed E-state index contributed by atoms with van der Waals surface area (Å²) in [4.78, 5) is 6.81. The molecular formula is C18H23F2N3. The number of aryl methyl sites for hydroxylation is 2. The fourth-order valence-electron chi connectivity index (χ4n) is 3.36. The van der Waals surface area contributed by atoms with Gasteiger partial charge in [-0.25, -0.2) is 13.8 Å². The van der Waals surface area contributed by atoms with Crippen LogP contribution in [0.2, 0.25) is 0 Å². The van der Waals surface area contributed by atoms with E-state index >= 15 is 0 Å². The highest BCUT2D eigenvalue weighted by Crippen LogP contribution is 2.23. The maximum atomic E-state index is 13.7. The summed E-state index contributed by atoms with van der Waals surface area (Å²) in [6.45, 7) is 2.98. The Morgan fingerprint density at radius 3 is 2.91 bits per heavy atom. The van der Waals surface area contributed by atoms with Crippen molar-refractivity contribution < 1.29 is 8.78 Å². The third-order valence-electron chi connectivity index (χ3n) is 4.73. The molecule has 0 spiro atoms. The van der Waals surface area contributed by atoms with Crippen LogP contribution in [0.25, 0.3) is 0 Å². The summed E-state index contributed by atoms with van der Waals surface area (Å²) in [5.41, 5.74) is 0.618. The van der Waals surface area contributed by atoms with Crippen molar-refractivity contribution in [1.82, 2.24) is 14.5 Å². The number of halogens is 2. The zero-order valence-corrected chi connectivity index (χ0v) is 13.5. The highest BCUT2D eigenvalue weighted by Gasteiger charge is 2.21. The molecule has 23 heavy (non-hydrogen) atoms. The predicted octanol–water partition coefficient (Wildman–Crippen LogP) is 3.54. The number of rotatable bonds is 5. The van der Waals surface area contributed by atoms with E-state index in [1.165, 1.54) is 18.9 Å². The lowest BCUT2D eigenvalue weighted by Crippen LogP contribution is -2.35. The quantitative estimate of drug-likeness (QED) is 0.840. The molecule has 1 aromatic carbocycles. The molecule has 1 saturated heterocycles. The van der Waals surface area contributed by atoms with Crippen molar-refractivity contribution in [3.63, 3.8) is 0 Å². The van der Waals surface area contributed by atoms with Crippen molar-refractivity contribution in [1.29, 1.82) is 0 Å². The van der Waals surface area contributed by atoms with E-state index in [-0.39, 0.29) is 0 Å². The first kappa shape index (κ1) is 16.1. The first-order valence-electron chi connectivity index (χ1n) is 8.24. The third kappa shape index (κ3) is 4.16. The molecule has 1 aliphatic heterocycles. The lowest BCUT2D eigenvalue weighted by atomic mass is 9.91. The van der Waals surface area contributed by atoms with Gasteiger partial charge in [0.25, 0.3) is 0 Å². The van der Waals surface area contributed by atoms with Crippen molar-refractivity contribution in [2.24, 2.45) is 13.0 Å². The lowest BCUT2D eigenvalue weighted by Gasteiger charge is -2.32. The van der Waals surface area contributed by atoms with Gasteiger partial charge in [0.15, 0.2) is 0 Å². The van der Waals surface area contributed by atoms with E-state index in [9.17, 15) is 8.78 Å². The van der Waals surface area contributed by atoms with E-state index < -0.39 is 11.6 Å². The van der Waals surface area contributed by atoms with Gasteiger partial charge in [-0.1, -0.05) is 6.07 Å². The van der Waals surface area contributed by atoms with E-state index in [0.717, 1.165) is 37.9 Å². The minimum Gasteiger partial charge on any atom is -0.337 e. The number of likely N-dealkylation sites (tertiary alicyclic amines) is 1. The summed E-state index contributed by atoms with van der Waals surface area (Å²) in [5, 5.41) is 0. The van der Waals surface area contributed by atoms with Crippen molar-refractivity contribution in [2.45, 2.75) is 32.2 Å². The number of aromatic nitrogens is 2. The van der Waals surface area contributed by atoms with E-state index in [0.29, 0.717) is 17.9 Å². The van der Waals surface area contributed by atoms with E-state index in [2.05, 4.69) is 14.5 Å². The van der Waals surface area contributed by atoms with Gasteiger partial charge in [-0.2, -0.15) is 0 Å². The van der Waals surface area contributed by atoms with Crippen LogP contribution in [0.4, 0.5) is 8.78 Å². The molecule has 2 aromatic rings. The van der Waals surface area contributed by atoms with Crippen LogP contribution in [-0.2, 0) is 20.0 Å². The molecule has 0 amide bonds. The van der Waals surface area contributed by atoms with Crippen LogP contribution >= 0.6 is 0 Å². The fourth-order valence-corrected chi connectivity index (χ4v) is 3.36. The smallest absolute Gasteiger partial charge is 0.129 e. The Morgan fingerprint density at radius 1 is 1.30 bits per heavy atom. The largest absolute Gasteiger partial charge is 0.337 e. The zero-order valence-electron chi connectivity index (χ0n) is 13.5. The van der Waals surface area contributed by atoms with Gasteiger partial charge in [-0.05, 0) is 49.8 Å². The topological polar surface area (TPSA) is 21.1 Å². The van der Waals surface area contributed by atoms with E-state index in [1.807, 2.05) is 19.4 Å². The molecule has 0 bridgehead atoms. The average molecular weight is 319 g/mol. The van der Waals surface area contributed by atoms with Crippen LogP contribution in [0.1, 0.15) is 30.7 Å². The van der Waals surface area contributed by atoms with Crippen LogP contribution in [0.15, 0.2) is 30.6 Å². The van der Waals surface area contributed by atoms with Crippen LogP contribution in [-0.4, -0.2) is 27.5 Å². The van der Waals surface area contributed by atoms with E-state index in [1.54, 1.807) is 6.07 Å². The van der Waals surface area contributed by atoms with Crippen molar-refractivity contribution >= 4 is 0 Å². The number of hydrogen-bond acceptors (Lipinski definition) is 2. The molecule has 2 heterocycles. The first-order valence-corrected chi connectivity index (χ1v) is 8.24. The molecule has 0 radical (unpaired) electrons. The molecule has 5 heteroatoms. The summed E-state index contributed by atoms with van der Waals surface area (Å²) >= 11 is 0. The summed E-state index contributed by atoms with van der Waals surface area (Å²) < 4.78 is 28.7. The van der Waals surface area contributed by atoms with Crippen LogP contribution in [0.5, 0.6) is 0 Å². The fraction of sp³-hybridized carbons (Fsp3) is 0.500. The summed E-state index contributed by atoms with van der Waals surface area (Å²) in [5.74, 6) is 0.708. The molecular weight excluding hydrogens is 296 g/mol. The van der Waals surface area contributed by atoms with E-state index in [4.69, 9.17) is 0 Å². The Kier molecular flexibility index (Phi) is 5.06. The molecule has 0 saturated carbocycles. The summed E-state index contributed by atoms with van der Waals surface area (Å²) in [6.07, 6.45) is 7.76. The van der Waals surface area contributed by atoms with Gasteiger partial charge in [0.05, 0.1) is 6.54 Å². The highest BCUT2D eigenvalue weighted by atomic mass is 19.1. The summed E-state index contributed by atoms with van der Waals surface area (Å²) in [6, 6.07) is 3.88. The second-order valence-electron chi connectivity index (χ2n) is 6.47. The first-order chi connectivity index (χ1) is 11.1. The molecule has 1 unspecified atom stereocenters. The number of piperidine rings is 1. The van der Waals surface area contributed by atoms with Crippen molar-refractivity contribution in [2.75, 3.05) is 13.1 Å². The molecule has 1 fully saturated rings. The normalized spacial score (nSPS) is 19.2. The molecule has 1 aromatic heterocycles. The Labute approximate surface area is 135 Å². The average Bonchev–Trinajstić information content (AvgIpc) is 2.92. The van der Waals surface area contributed by atoms with Crippen molar-refractivity contribution in [3.8, 4) is 0 Å². The standard InChI is InChI=1S/C18H23F2N3/c1-22-10-8-21-18(22)13-23-9-2-3-14(12-23)4-5-15-6-7-16(19)11-17(15)20/h6-8,10-11,14H,2-5,9,12-13H2,1H3. The molecule has 1 atom stereocenters. The van der Waals surface area contributed by atoms with Gasteiger partial charge >= 0.3 is 0 Å². The van der Waals surface area contributed by atoms with Crippen LogP contribution in [0.3, 0.4) is 0 Å². The van der Waals surface area contributed by atoms with Crippen LogP contribution < -0.4 is 0 Å². The Hall–Kier alpha value is -1.75. The Balaban J connectivity index is 1.53. The Morgan fingerprint density at radius 2 is 2.17 bits per heavy atom. The minimum absolute atomic E-state index is 0.425. The number of nitrogens with zero attached hydrogens (tertiary/aromatic N) is 3. The maximum Gasteiger partial charge on any atom is 0.129 e. The predicted molar refractivity (Wildman–Crippen MR) is 85.9 cm³/mol. The highest BCUT2D eigenvalue weighted by molar-refractivity contribution is 5.18. The molecule has 0 N–H and O–H groups in total. The zero-order chi connectivity index (χ0) is 16.2. The monoisotopic (exact) mass is 319 g/mol. The minimum atomic E-state index is -0.509. The second-order valence-corrected chi connectivity index (χ2v) is 6.47. The van der Waals surface area contributed by atoms with Gasteiger partial charge in [0, 0.05) is 32.1 Å². The van der Waals surface area contributed by atoms with Crippen LogP contribution in [0, 0.1) is 17.6 Å². The van der Waals surface area contributed by atoms with Gasteiger partial charge in [-0.3, -0.25) is 4.90 Å². The molecule has 0 aliphatic carbocycles. The van der Waals surface area contributed by atoms with Crippen molar-refractivity contribution in [3.05, 3.63) is 53.6 Å². The maximum absolute atomic E-state index is 13.7.